The predicted octanol–water partition coefficient (Wildman–Crippen LogP) is 3.40. The van der Waals surface area contributed by atoms with E-state index >= 15 is 0 Å². The van der Waals surface area contributed by atoms with Crippen molar-refractivity contribution >= 4 is 0 Å². The van der Waals surface area contributed by atoms with Gasteiger partial charge in [0, 0.05) is 6.04 Å². The summed E-state index contributed by atoms with van der Waals surface area (Å²) < 4.78 is 21.9. The zero-order chi connectivity index (χ0) is 16.6. The highest BCUT2D eigenvalue weighted by Crippen LogP contribution is 2.39. The number of nitrogens with zero attached hydrogens (tertiary/aromatic N) is 3. The number of rotatable bonds is 4. The highest BCUT2D eigenvalue weighted by Gasteiger charge is 2.29. The van der Waals surface area contributed by atoms with Crippen LogP contribution in [0.4, 0.5) is 0 Å². The first-order valence-electron chi connectivity index (χ1n) is 8.37. The molecule has 0 unspecified atom stereocenters. The Morgan fingerprint density at radius 1 is 1.12 bits per heavy atom. The van der Waals surface area contributed by atoms with Gasteiger partial charge in [0.1, 0.15) is 0 Å². The molecule has 1 fully saturated rings. The Morgan fingerprint density at radius 2 is 2.08 bits per heavy atom. The van der Waals surface area contributed by atoms with E-state index in [0.29, 0.717) is 36.9 Å². The molecule has 128 valence electrons. The fraction of sp³-hybridized carbons (Fsp3) is 0.333. The summed E-state index contributed by atoms with van der Waals surface area (Å²) >= 11 is 0. The monoisotopic (exact) mass is 339 g/mol. The van der Waals surface area contributed by atoms with E-state index in [4.69, 9.17) is 18.3 Å². The largest absolute Gasteiger partial charge is 0.459 e. The summed E-state index contributed by atoms with van der Waals surface area (Å²) in [5.74, 6) is 3.24. The third-order valence-corrected chi connectivity index (χ3v) is 4.68. The van der Waals surface area contributed by atoms with Crippen LogP contribution in [0.3, 0.4) is 0 Å². The highest BCUT2D eigenvalue weighted by molar-refractivity contribution is 5.45. The second-order valence-electron chi connectivity index (χ2n) is 6.22. The van der Waals surface area contributed by atoms with Crippen molar-refractivity contribution in [3.05, 3.63) is 48.0 Å². The molecule has 0 aliphatic carbocycles. The van der Waals surface area contributed by atoms with Gasteiger partial charge < -0.3 is 18.3 Å². The number of benzene rings is 1. The molecule has 1 saturated heterocycles. The molecule has 0 radical (unpaired) electrons. The van der Waals surface area contributed by atoms with E-state index < -0.39 is 0 Å². The Balaban J connectivity index is 1.35. The second-order valence-corrected chi connectivity index (χ2v) is 6.22. The molecule has 1 atom stereocenters. The van der Waals surface area contributed by atoms with Crippen LogP contribution in [-0.4, -0.2) is 28.4 Å². The van der Waals surface area contributed by atoms with Gasteiger partial charge in [-0.05, 0) is 49.2 Å². The Hall–Kier alpha value is -2.80. The summed E-state index contributed by atoms with van der Waals surface area (Å²) in [5, 5.41) is 8.23. The molecule has 2 aliphatic rings. The second kappa shape index (κ2) is 5.93. The van der Waals surface area contributed by atoms with Crippen molar-refractivity contribution in [2.45, 2.75) is 25.4 Å². The minimum Gasteiger partial charge on any atom is -0.459 e. The maximum absolute atomic E-state index is 5.75. The van der Waals surface area contributed by atoms with Crippen LogP contribution in [-0.2, 0) is 6.54 Å². The molecule has 2 aromatic heterocycles. The first kappa shape index (κ1) is 14.5. The quantitative estimate of drug-likeness (QED) is 0.721. The van der Waals surface area contributed by atoms with E-state index in [2.05, 4.69) is 27.2 Å². The normalized spacial score (nSPS) is 19.6. The topological polar surface area (TPSA) is 73.8 Å². The average molecular weight is 339 g/mol. The number of likely N-dealkylation sites (tertiary alicyclic amines) is 1. The molecule has 0 saturated carbocycles. The molecule has 2 aliphatic heterocycles. The van der Waals surface area contributed by atoms with Crippen LogP contribution in [0.5, 0.6) is 11.5 Å². The molecule has 7 nitrogen and oxygen atoms in total. The lowest BCUT2D eigenvalue weighted by Gasteiger charge is -2.23. The molecule has 1 aromatic carbocycles. The van der Waals surface area contributed by atoms with E-state index in [-0.39, 0.29) is 0 Å². The van der Waals surface area contributed by atoms with E-state index in [1.165, 1.54) is 5.56 Å². The van der Waals surface area contributed by atoms with Gasteiger partial charge in [0.25, 0.3) is 5.89 Å². The standard InChI is InChI=1S/C18H17N3O4/c1-3-13(12-5-6-14-16(9-12)24-11-23-14)21(7-1)10-17-19-20-18(25-17)15-4-2-8-22-15/h2,4-6,8-9,13H,1,3,7,10-11H2/t13-/m1/s1. The molecule has 25 heavy (non-hydrogen) atoms. The van der Waals surface area contributed by atoms with Crippen molar-refractivity contribution in [3.63, 3.8) is 0 Å². The van der Waals surface area contributed by atoms with Crippen LogP contribution in [0, 0.1) is 0 Å². The SMILES string of the molecule is c1coc(-c2nnc(CN3CCC[C@@H]3c3ccc4c(c3)OCO4)o2)c1. The number of fused-ring (bicyclic) bond motifs is 1. The summed E-state index contributed by atoms with van der Waals surface area (Å²) in [4.78, 5) is 2.36. The number of furan rings is 1. The van der Waals surface area contributed by atoms with Crippen LogP contribution in [0.1, 0.15) is 30.3 Å². The smallest absolute Gasteiger partial charge is 0.283 e. The van der Waals surface area contributed by atoms with Gasteiger partial charge in [0.05, 0.1) is 12.8 Å². The number of hydrogen-bond acceptors (Lipinski definition) is 7. The third-order valence-electron chi connectivity index (χ3n) is 4.68. The van der Waals surface area contributed by atoms with Crippen molar-refractivity contribution in [1.29, 1.82) is 0 Å². The van der Waals surface area contributed by atoms with Crippen LogP contribution in [0.15, 0.2) is 45.4 Å². The van der Waals surface area contributed by atoms with E-state index in [0.717, 1.165) is 30.9 Å². The van der Waals surface area contributed by atoms with Crippen molar-refractivity contribution in [2.75, 3.05) is 13.3 Å². The van der Waals surface area contributed by atoms with Crippen molar-refractivity contribution < 1.29 is 18.3 Å². The number of hydrogen-bond donors (Lipinski definition) is 0. The van der Waals surface area contributed by atoms with Crippen molar-refractivity contribution in [3.8, 4) is 23.1 Å². The fourth-order valence-electron chi connectivity index (χ4n) is 3.50. The van der Waals surface area contributed by atoms with Crippen LogP contribution in [0.25, 0.3) is 11.7 Å². The van der Waals surface area contributed by atoms with Gasteiger partial charge in [0.15, 0.2) is 17.3 Å². The Morgan fingerprint density at radius 3 is 3.00 bits per heavy atom. The Labute approximate surface area is 144 Å². The Kier molecular flexibility index (Phi) is 3.45. The van der Waals surface area contributed by atoms with Crippen molar-refractivity contribution in [1.82, 2.24) is 15.1 Å². The van der Waals surface area contributed by atoms with Crippen molar-refractivity contribution in [2.24, 2.45) is 0 Å². The molecular formula is C18H17N3O4. The van der Waals surface area contributed by atoms with Crippen LogP contribution in [0.2, 0.25) is 0 Å². The van der Waals surface area contributed by atoms with Gasteiger partial charge in [0.2, 0.25) is 12.7 Å². The highest BCUT2D eigenvalue weighted by atomic mass is 16.7. The van der Waals surface area contributed by atoms with E-state index in [1.807, 2.05) is 12.1 Å². The molecule has 0 N–H and O–H groups in total. The maximum atomic E-state index is 5.75. The molecule has 0 amide bonds. The van der Waals surface area contributed by atoms with Gasteiger partial charge in [-0.1, -0.05) is 6.07 Å². The first-order valence-corrected chi connectivity index (χ1v) is 8.37. The summed E-state index contributed by atoms with van der Waals surface area (Å²) in [7, 11) is 0. The number of aromatic nitrogens is 2. The maximum Gasteiger partial charge on any atom is 0.283 e. The summed E-state index contributed by atoms with van der Waals surface area (Å²) in [5.41, 5.74) is 1.23. The molecular weight excluding hydrogens is 322 g/mol. The van der Waals surface area contributed by atoms with Gasteiger partial charge >= 0.3 is 0 Å². The minimum atomic E-state index is 0.296. The van der Waals surface area contributed by atoms with Gasteiger partial charge in [-0.15, -0.1) is 10.2 Å². The predicted molar refractivity (Wildman–Crippen MR) is 87.0 cm³/mol. The van der Waals surface area contributed by atoms with Gasteiger partial charge in [-0.3, -0.25) is 4.90 Å². The molecule has 4 heterocycles. The lowest BCUT2D eigenvalue weighted by atomic mass is 10.0. The van der Waals surface area contributed by atoms with E-state index in [1.54, 1.807) is 12.3 Å². The first-order chi connectivity index (χ1) is 12.4. The summed E-state index contributed by atoms with van der Waals surface area (Å²) in [6, 6.07) is 10.1. The molecule has 7 heteroatoms. The summed E-state index contributed by atoms with van der Waals surface area (Å²) in [6.07, 6.45) is 3.83. The van der Waals surface area contributed by atoms with Crippen LogP contribution < -0.4 is 9.47 Å². The van der Waals surface area contributed by atoms with Gasteiger partial charge in [-0.2, -0.15) is 0 Å². The molecule has 0 bridgehead atoms. The average Bonchev–Trinajstić information content (AvgIpc) is 3.41. The molecule has 5 rings (SSSR count). The zero-order valence-corrected chi connectivity index (χ0v) is 13.6. The molecule has 0 spiro atoms. The molecule has 3 aromatic rings. The number of ether oxygens (including phenoxy) is 2. The minimum absolute atomic E-state index is 0.296. The van der Waals surface area contributed by atoms with Crippen LogP contribution >= 0.6 is 0 Å². The lowest BCUT2D eigenvalue weighted by Crippen LogP contribution is -2.22. The zero-order valence-electron chi connectivity index (χ0n) is 13.6. The lowest BCUT2D eigenvalue weighted by molar-refractivity contribution is 0.173. The fourth-order valence-corrected chi connectivity index (χ4v) is 3.50. The van der Waals surface area contributed by atoms with E-state index in [9.17, 15) is 0 Å². The van der Waals surface area contributed by atoms with Gasteiger partial charge in [-0.25, -0.2) is 0 Å². The summed E-state index contributed by atoms with van der Waals surface area (Å²) in [6.45, 7) is 1.91. The Bertz CT molecular complexity index is 874. The third kappa shape index (κ3) is 2.66.